The Bertz CT molecular complexity index is 1430. The quantitative estimate of drug-likeness (QED) is 0.329. The molecule has 6 aromatic rings. The fraction of sp³-hybridized carbons (Fsp3) is 0. The van der Waals surface area contributed by atoms with Crippen molar-refractivity contribution < 1.29 is 0 Å². The van der Waals surface area contributed by atoms with Crippen molar-refractivity contribution in [2.45, 2.75) is 0 Å². The van der Waals surface area contributed by atoms with Crippen molar-refractivity contribution in [2.24, 2.45) is 0 Å². The number of hydrogen-bond acceptors (Lipinski definition) is 2. The highest BCUT2D eigenvalue weighted by molar-refractivity contribution is 7.18. The molecule has 3 aromatic heterocycles. The normalized spacial score (nSPS) is 11.8. The summed E-state index contributed by atoms with van der Waals surface area (Å²) in [5.41, 5.74) is 4.68. The predicted molar refractivity (Wildman–Crippen MR) is 111 cm³/mol. The van der Waals surface area contributed by atoms with Crippen LogP contribution in [0.3, 0.4) is 0 Å². The van der Waals surface area contributed by atoms with Crippen LogP contribution in [0.5, 0.6) is 0 Å². The molecule has 0 unspecified atom stereocenters. The van der Waals surface area contributed by atoms with Crippen LogP contribution in [-0.2, 0) is 0 Å². The highest BCUT2D eigenvalue weighted by Gasteiger charge is 2.16. The second-order valence-electron chi connectivity index (χ2n) is 6.50. The summed E-state index contributed by atoms with van der Waals surface area (Å²) in [6, 6.07) is 25.9. The van der Waals surface area contributed by atoms with Gasteiger partial charge in [-0.15, -0.1) is 11.3 Å². The fourth-order valence-electron chi connectivity index (χ4n) is 4.02. The lowest BCUT2D eigenvalue weighted by molar-refractivity contribution is 1.19. The van der Waals surface area contributed by atoms with Crippen LogP contribution in [0.4, 0.5) is 0 Å². The molecule has 3 heteroatoms. The second-order valence-corrected chi connectivity index (χ2v) is 7.41. The molecular weight excluding hydrogens is 336 g/mol. The SMILES string of the molecule is c1cc(-n2c3ccccc3c3c4sccc4ccc32)c2cccnc2c1. The number of para-hydroxylation sites is 1. The zero-order valence-electron chi connectivity index (χ0n) is 13.9. The molecule has 122 valence electrons. The Balaban J connectivity index is 1.89. The lowest BCUT2D eigenvalue weighted by Crippen LogP contribution is -1.95. The monoisotopic (exact) mass is 350 g/mol. The molecule has 3 aromatic carbocycles. The van der Waals surface area contributed by atoms with Crippen LogP contribution in [0.1, 0.15) is 0 Å². The smallest absolute Gasteiger partial charge is 0.0723 e. The summed E-state index contributed by atoms with van der Waals surface area (Å²) in [6.07, 6.45) is 1.85. The molecule has 0 amide bonds. The van der Waals surface area contributed by atoms with E-state index in [1.54, 1.807) is 0 Å². The maximum absolute atomic E-state index is 4.54. The molecule has 0 saturated heterocycles. The maximum Gasteiger partial charge on any atom is 0.0723 e. The van der Waals surface area contributed by atoms with Crippen LogP contribution in [-0.4, -0.2) is 9.55 Å². The van der Waals surface area contributed by atoms with Crippen LogP contribution in [0, 0.1) is 0 Å². The van der Waals surface area contributed by atoms with E-state index in [1.165, 1.54) is 43.0 Å². The minimum Gasteiger partial charge on any atom is -0.309 e. The lowest BCUT2D eigenvalue weighted by atomic mass is 10.1. The van der Waals surface area contributed by atoms with Crippen molar-refractivity contribution in [3.63, 3.8) is 0 Å². The molecule has 26 heavy (non-hydrogen) atoms. The number of rotatable bonds is 1. The summed E-state index contributed by atoms with van der Waals surface area (Å²) >= 11 is 1.82. The first-order valence-electron chi connectivity index (χ1n) is 8.65. The summed E-state index contributed by atoms with van der Waals surface area (Å²) in [6.45, 7) is 0. The molecule has 0 radical (unpaired) electrons. The molecular formula is C23H14N2S. The number of fused-ring (bicyclic) bond motifs is 6. The number of nitrogens with zero attached hydrogens (tertiary/aromatic N) is 2. The molecule has 0 aliphatic rings. The van der Waals surface area contributed by atoms with Crippen molar-refractivity contribution in [1.82, 2.24) is 9.55 Å². The zero-order chi connectivity index (χ0) is 17.1. The number of thiophene rings is 1. The average molecular weight is 350 g/mol. The molecule has 0 spiro atoms. The summed E-state index contributed by atoms with van der Waals surface area (Å²) in [4.78, 5) is 4.54. The summed E-state index contributed by atoms with van der Waals surface area (Å²) in [5.74, 6) is 0. The number of benzene rings is 3. The topological polar surface area (TPSA) is 17.8 Å². The highest BCUT2D eigenvalue weighted by atomic mass is 32.1. The Kier molecular flexibility index (Phi) is 2.79. The largest absolute Gasteiger partial charge is 0.309 e. The van der Waals surface area contributed by atoms with Crippen LogP contribution in [0.15, 0.2) is 84.4 Å². The van der Waals surface area contributed by atoms with E-state index in [4.69, 9.17) is 0 Å². The van der Waals surface area contributed by atoms with E-state index in [2.05, 4.69) is 81.7 Å². The first-order chi connectivity index (χ1) is 12.9. The molecule has 0 atom stereocenters. The molecule has 0 aliphatic heterocycles. The Labute approximate surface area is 153 Å². The van der Waals surface area contributed by atoms with Gasteiger partial charge in [0.1, 0.15) is 0 Å². The van der Waals surface area contributed by atoms with Gasteiger partial charge in [0.05, 0.1) is 22.2 Å². The van der Waals surface area contributed by atoms with E-state index in [-0.39, 0.29) is 0 Å². The van der Waals surface area contributed by atoms with Gasteiger partial charge >= 0.3 is 0 Å². The Hall–Kier alpha value is -3.17. The van der Waals surface area contributed by atoms with Crippen molar-refractivity contribution in [1.29, 1.82) is 0 Å². The molecule has 3 heterocycles. The van der Waals surface area contributed by atoms with Crippen molar-refractivity contribution in [3.05, 3.63) is 84.4 Å². The minimum atomic E-state index is 1.02. The van der Waals surface area contributed by atoms with E-state index in [0.29, 0.717) is 0 Å². The van der Waals surface area contributed by atoms with E-state index in [0.717, 1.165) is 5.52 Å². The van der Waals surface area contributed by atoms with Gasteiger partial charge < -0.3 is 4.57 Å². The highest BCUT2D eigenvalue weighted by Crippen LogP contribution is 2.39. The minimum absolute atomic E-state index is 1.02. The Morgan fingerprint density at radius 1 is 0.731 bits per heavy atom. The van der Waals surface area contributed by atoms with Gasteiger partial charge in [0.2, 0.25) is 0 Å². The van der Waals surface area contributed by atoms with Crippen molar-refractivity contribution >= 4 is 54.1 Å². The molecule has 0 bridgehead atoms. The Morgan fingerprint density at radius 2 is 1.65 bits per heavy atom. The lowest BCUT2D eigenvalue weighted by Gasteiger charge is -2.11. The third-order valence-corrected chi connectivity index (χ3v) is 6.07. The summed E-state index contributed by atoms with van der Waals surface area (Å²) in [7, 11) is 0. The van der Waals surface area contributed by atoms with Crippen molar-refractivity contribution in [3.8, 4) is 5.69 Å². The molecule has 0 N–H and O–H groups in total. The van der Waals surface area contributed by atoms with E-state index in [1.807, 2.05) is 23.6 Å². The van der Waals surface area contributed by atoms with E-state index in [9.17, 15) is 0 Å². The summed E-state index contributed by atoms with van der Waals surface area (Å²) < 4.78 is 3.74. The van der Waals surface area contributed by atoms with Crippen molar-refractivity contribution in [2.75, 3.05) is 0 Å². The van der Waals surface area contributed by atoms with Gasteiger partial charge in [-0.2, -0.15) is 0 Å². The second kappa shape index (κ2) is 5.16. The van der Waals surface area contributed by atoms with Gasteiger partial charge in [-0.1, -0.05) is 30.3 Å². The van der Waals surface area contributed by atoms with Crippen LogP contribution in [0.25, 0.3) is 48.5 Å². The number of pyridine rings is 1. The predicted octanol–water partition coefficient (Wildman–Crippen LogP) is 6.55. The first kappa shape index (κ1) is 14.0. The van der Waals surface area contributed by atoms with Gasteiger partial charge in [-0.25, -0.2) is 0 Å². The summed E-state index contributed by atoms with van der Waals surface area (Å²) in [5, 5.41) is 7.30. The van der Waals surface area contributed by atoms with Gasteiger partial charge in [0.25, 0.3) is 0 Å². The number of hydrogen-bond donors (Lipinski definition) is 0. The maximum atomic E-state index is 4.54. The third kappa shape index (κ3) is 1.78. The molecule has 2 nitrogen and oxygen atoms in total. The first-order valence-corrected chi connectivity index (χ1v) is 9.53. The van der Waals surface area contributed by atoms with Gasteiger partial charge in [0.15, 0.2) is 0 Å². The van der Waals surface area contributed by atoms with E-state index < -0.39 is 0 Å². The number of aromatic nitrogens is 2. The molecule has 0 aliphatic carbocycles. The van der Waals surface area contributed by atoms with Crippen LogP contribution in [0.2, 0.25) is 0 Å². The standard InChI is InChI=1S/C23H14N2S/c1-2-8-20-17(5-1)22-21(11-10-15-12-14-26-23(15)22)25(20)19-9-3-7-18-16(19)6-4-13-24-18/h1-14H. The van der Waals surface area contributed by atoms with E-state index >= 15 is 0 Å². The van der Waals surface area contributed by atoms with Crippen LogP contribution >= 0.6 is 11.3 Å². The van der Waals surface area contributed by atoms with Crippen LogP contribution < -0.4 is 0 Å². The molecule has 0 fully saturated rings. The Morgan fingerprint density at radius 3 is 2.65 bits per heavy atom. The van der Waals surface area contributed by atoms with Gasteiger partial charge in [-0.05, 0) is 53.2 Å². The molecule has 6 rings (SSSR count). The third-order valence-electron chi connectivity index (χ3n) is 5.12. The average Bonchev–Trinajstić information content (AvgIpc) is 3.29. The van der Waals surface area contributed by atoms with Gasteiger partial charge in [0, 0.05) is 27.1 Å². The fourth-order valence-corrected chi connectivity index (χ4v) is 4.98. The van der Waals surface area contributed by atoms with Gasteiger partial charge in [-0.3, -0.25) is 4.98 Å². The molecule has 0 saturated carbocycles. The zero-order valence-corrected chi connectivity index (χ0v) is 14.7.